The number of anilines is 1. The van der Waals surface area contributed by atoms with Crippen molar-refractivity contribution in [2.45, 2.75) is 13.3 Å². The van der Waals surface area contributed by atoms with Gasteiger partial charge in [-0.05, 0) is 36.2 Å². The summed E-state index contributed by atoms with van der Waals surface area (Å²) in [5.74, 6) is 0.00272. The molecule has 0 spiro atoms. The Balaban J connectivity index is 1.98. The fourth-order valence-corrected chi connectivity index (χ4v) is 2.57. The second-order valence-electron chi connectivity index (χ2n) is 5.91. The van der Waals surface area contributed by atoms with Crippen molar-refractivity contribution in [2.75, 3.05) is 32.6 Å². The molecule has 2 aromatic rings. The maximum Gasteiger partial charge on any atom is 0.244 e. The molecule has 0 aliphatic heterocycles. The summed E-state index contributed by atoms with van der Waals surface area (Å²) in [6.45, 7) is 1.58. The predicted molar refractivity (Wildman–Crippen MR) is 101 cm³/mol. The van der Waals surface area contributed by atoms with Crippen LogP contribution in [0.1, 0.15) is 12.5 Å². The average Bonchev–Trinajstić information content (AvgIpc) is 2.66. The molecule has 0 heterocycles. The van der Waals surface area contributed by atoms with Crippen molar-refractivity contribution in [3.05, 3.63) is 53.8 Å². The van der Waals surface area contributed by atoms with Gasteiger partial charge in [-0.15, -0.1) is 0 Å². The van der Waals surface area contributed by atoms with Crippen molar-refractivity contribution in [2.24, 2.45) is 0 Å². The molecule has 0 fully saturated rings. The molecule has 0 aliphatic rings. The van der Waals surface area contributed by atoms with Gasteiger partial charge in [-0.3, -0.25) is 9.59 Å². The van der Waals surface area contributed by atoms with E-state index in [1.165, 1.54) is 30.0 Å². The van der Waals surface area contributed by atoms with Crippen LogP contribution in [-0.4, -0.2) is 44.0 Å². The second kappa shape index (κ2) is 9.56. The quantitative estimate of drug-likeness (QED) is 0.772. The van der Waals surface area contributed by atoms with Crippen LogP contribution in [0.2, 0.25) is 0 Å². The van der Waals surface area contributed by atoms with Crippen molar-refractivity contribution >= 4 is 17.5 Å². The molecule has 0 aliphatic carbocycles. The molecule has 27 heavy (non-hydrogen) atoms. The number of carbonyl (C=O) groups is 2. The van der Waals surface area contributed by atoms with Gasteiger partial charge >= 0.3 is 0 Å². The summed E-state index contributed by atoms with van der Waals surface area (Å²) in [5, 5.41) is 2.48. The Hall–Kier alpha value is -3.09. The highest BCUT2D eigenvalue weighted by molar-refractivity contribution is 5.94. The third-order valence-electron chi connectivity index (χ3n) is 4.05. The van der Waals surface area contributed by atoms with E-state index in [0.29, 0.717) is 24.5 Å². The molecule has 7 heteroatoms. The van der Waals surface area contributed by atoms with E-state index in [1.54, 1.807) is 26.4 Å². The predicted octanol–water partition coefficient (Wildman–Crippen LogP) is 2.87. The average molecular weight is 374 g/mol. The standard InChI is InChI=1S/C20H23FN2O4/c1-14(24)23(13-20(25)22-17-7-5-4-6-16(17)21)11-10-15-8-9-18(26-2)19(12-15)27-3/h4-9,12H,10-11,13H2,1-3H3,(H,22,25). The number of nitrogens with one attached hydrogen (secondary N) is 1. The van der Waals surface area contributed by atoms with Crippen LogP contribution in [0.5, 0.6) is 11.5 Å². The van der Waals surface area contributed by atoms with E-state index in [2.05, 4.69) is 5.32 Å². The van der Waals surface area contributed by atoms with Crippen LogP contribution in [-0.2, 0) is 16.0 Å². The first kappa shape index (κ1) is 20.2. The van der Waals surface area contributed by atoms with Gasteiger partial charge in [0.05, 0.1) is 26.5 Å². The summed E-state index contributed by atoms with van der Waals surface area (Å²) < 4.78 is 24.1. The lowest BCUT2D eigenvalue weighted by molar-refractivity contribution is -0.132. The molecule has 2 amide bonds. The summed E-state index contributed by atoms with van der Waals surface area (Å²) in [7, 11) is 3.11. The smallest absolute Gasteiger partial charge is 0.244 e. The van der Waals surface area contributed by atoms with Crippen LogP contribution >= 0.6 is 0 Å². The van der Waals surface area contributed by atoms with Crippen molar-refractivity contribution < 1.29 is 23.5 Å². The van der Waals surface area contributed by atoms with Crippen LogP contribution in [0, 0.1) is 5.82 Å². The minimum atomic E-state index is -0.523. The Labute approximate surface area is 157 Å². The van der Waals surface area contributed by atoms with Gasteiger partial charge < -0.3 is 19.7 Å². The van der Waals surface area contributed by atoms with Crippen LogP contribution in [0.25, 0.3) is 0 Å². The monoisotopic (exact) mass is 374 g/mol. The van der Waals surface area contributed by atoms with E-state index in [9.17, 15) is 14.0 Å². The first-order valence-corrected chi connectivity index (χ1v) is 8.45. The molecule has 144 valence electrons. The van der Waals surface area contributed by atoms with Crippen molar-refractivity contribution in [1.82, 2.24) is 4.90 Å². The van der Waals surface area contributed by atoms with Crippen LogP contribution in [0.4, 0.5) is 10.1 Å². The summed E-state index contributed by atoms with van der Waals surface area (Å²) in [4.78, 5) is 25.4. The molecule has 0 atom stereocenters. The Morgan fingerprint density at radius 1 is 1.07 bits per heavy atom. The van der Waals surface area contributed by atoms with Crippen LogP contribution in [0.15, 0.2) is 42.5 Å². The number of methoxy groups -OCH3 is 2. The highest BCUT2D eigenvalue weighted by Crippen LogP contribution is 2.27. The summed E-state index contributed by atoms with van der Waals surface area (Å²) in [6, 6.07) is 11.4. The Bertz CT molecular complexity index is 810. The lowest BCUT2D eigenvalue weighted by atomic mass is 10.1. The summed E-state index contributed by atoms with van der Waals surface area (Å²) >= 11 is 0. The molecule has 0 saturated carbocycles. The molecule has 0 saturated heterocycles. The minimum Gasteiger partial charge on any atom is -0.493 e. The van der Waals surface area contributed by atoms with Crippen molar-refractivity contribution in [3.63, 3.8) is 0 Å². The first-order valence-electron chi connectivity index (χ1n) is 8.45. The SMILES string of the molecule is COc1ccc(CCN(CC(=O)Nc2ccccc2F)C(C)=O)cc1OC. The highest BCUT2D eigenvalue weighted by Gasteiger charge is 2.15. The minimum absolute atomic E-state index is 0.0888. The van der Waals surface area contributed by atoms with E-state index in [4.69, 9.17) is 9.47 Å². The van der Waals surface area contributed by atoms with Crippen molar-refractivity contribution in [1.29, 1.82) is 0 Å². The summed E-state index contributed by atoms with van der Waals surface area (Å²) in [6.07, 6.45) is 0.535. The number of rotatable bonds is 8. The maximum atomic E-state index is 13.6. The zero-order valence-corrected chi connectivity index (χ0v) is 15.6. The summed E-state index contributed by atoms with van der Waals surface area (Å²) in [5.41, 5.74) is 1.03. The van der Waals surface area contributed by atoms with Gasteiger partial charge in [-0.25, -0.2) is 4.39 Å². The lowest BCUT2D eigenvalue weighted by Gasteiger charge is -2.21. The number of carbonyl (C=O) groups excluding carboxylic acids is 2. The van der Waals surface area contributed by atoms with Crippen LogP contribution < -0.4 is 14.8 Å². The van der Waals surface area contributed by atoms with Crippen LogP contribution in [0.3, 0.4) is 0 Å². The van der Waals surface area contributed by atoms with Gasteiger partial charge in [0, 0.05) is 13.5 Å². The number of hydrogen-bond donors (Lipinski definition) is 1. The molecule has 6 nitrogen and oxygen atoms in total. The largest absolute Gasteiger partial charge is 0.493 e. The lowest BCUT2D eigenvalue weighted by Crippen LogP contribution is -2.38. The Morgan fingerprint density at radius 3 is 2.41 bits per heavy atom. The first-order chi connectivity index (χ1) is 12.9. The van der Waals surface area contributed by atoms with Crippen molar-refractivity contribution in [3.8, 4) is 11.5 Å². The van der Waals surface area contributed by atoms with E-state index < -0.39 is 11.7 Å². The van der Waals surface area contributed by atoms with E-state index in [1.807, 2.05) is 12.1 Å². The van der Waals surface area contributed by atoms with Gasteiger partial charge in [-0.1, -0.05) is 18.2 Å². The molecule has 2 aromatic carbocycles. The Morgan fingerprint density at radius 2 is 1.78 bits per heavy atom. The van der Waals surface area contributed by atoms with E-state index >= 15 is 0 Å². The number of benzene rings is 2. The fourth-order valence-electron chi connectivity index (χ4n) is 2.57. The van der Waals surface area contributed by atoms with Gasteiger partial charge in [0.2, 0.25) is 11.8 Å². The van der Waals surface area contributed by atoms with E-state index in [-0.39, 0.29) is 18.1 Å². The normalized spacial score (nSPS) is 10.2. The van der Waals surface area contributed by atoms with E-state index in [0.717, 1.165) is 5.56 Å². The van der Waals surface area contributed by atoms with Gasteiger partial charge in [0.25, 0.3) is 0 Å². The topological polar surface area (TPSA) is 67.9 Å². The number of ether oxygens (including phenoxy) is 2. The highest BCUT2D eigenvalue weighted by atomic mass is 19.1. The zero-order chi connectivity index (χ0) is 19.8. The second-order valence-corrected chi connectivity index (χ2v) is 5.91. The van der Waals surface area contributed by atoms with Gasteiger partial charge in [0.1, 0.15) is 5.82 Å². The molecular weight excluding hydrogens is 351 g/mol. The number of nitrogens with zero attached hydrogens (tertiary/aromatic N) is 1. The maximum absolute atomic E-state index is 13.6. The molecule has 1 N–H and O–H groups in total. The number of para-hydroxylation sites is 1. The fraction of sp³-hybridized carbons (Fsp3) is 0.300. The number of hydrogen-bond acceptors (Lipinski definition) is 4. The Kier molecular flexibility index (Phi) is 7.16. The molecular formula is C20H23FN2O4. The molecule has 0 bridgehead atoms. The molecule has 2 rings (SSSR count). The number of halogens is 1. The number of amides is 2. The third kappa shape index (κ3) is 5.70. The third-order valence-corrected chi connectivity index (χ3v) is 4.05. The molecule has 0 unspecified atom stereocenters. The van der Waals surface area contributed by atoms with Gasteiger partial charge in [0.15, 0.2) is 11.5 Å². The van der Waals surface area contributed by atoms with Gasteiger partial charge in [-0.2, -0.15) is 0 Å². The zero-order valence-electron chi connectivity index (χ0n) is 15.6. The molecule has 0 aromatic heterocycles. The molecule has 0 radical (unpaired) electrons.